The highest BCUT2D eigenvalue weighted by Gasteiger charge is 2.26. The Morgan fingerprint density at radius 3 is 2.44 bits per heavy atom. The van der Waals surface area contributed by atoms with Gasteiger partial charge in [0.05, 0.1) is 13.2 Å². The van der Waals surface area contributed by atoms with E-state index in [-0.39, 0.29) is 12.1 Å². The van der Waals surface area contributed by atoms with Crippen LogP contribution in [-0.4, -0.2) is 19.1 Å². The Morgan fingerprint density at radius 2 is 1.78 bits per heavy atom. The van der Waals surface area contributed by atoms with E-state index in [0.29, 0.717) is 0 Å². The van der Waals surface area contributed by atoms with E-state index < -0.39 is 0 Å². The summed E-state index contributed by atoms with van der Waals surface area (Å²) in [5, 5.41) is 0. The summed E-state index contributed by atoms with van der Waals surface area (Å²) in [6.45, 7) is 2.25. The lowest BCUT2D eigenvalue weighted by molar-refractivity contribution is 0.138. The fourth-order valence-corrected chi connectivity index (χ4v) is 3.69. The van der Waals surface area contributed by atoms with Crippen molar-refractivity contribution >= 4 is 21.8 Å². The van der Waals surface area contributed by atoms with Crippen molar-refractivity contribution < 1.29 is 9.47 Å². The Balaban J connectivity index is 1.80. The Labute approximate surface area is 170 Å². The van der Waals surface area contributed by atoms with Crippen LogP contribution in [-0.2, 0) is 4.74 Å². The number of hydrogen-bond acceptors (Lipinski definition) is 3. The predicted molar refractivity (Wildman–Crippen MR) is 115 cm³/mol. The van der Waals surface area contributed by atoms with Crippen LogP contribution in [0.25, 0.3) is 0 Å². The average molecular weight is 430 g/mol. The number of benzene rings is 2. The van der Waals surface area contributed by atoms with Crippen molar-refractivity contribution in [1.82, 2.24) is 0 Å². The Hall–Kier alpha value is -1.81. The maximum Gasteiger partial charge on any atom is 0.216 e. The molecular formula is C23H28BrNO2. The fraction of sp³-hybridized carbons (Fsp3) is 0.435. The molecule has 0 aromatic heterocycles. The van der Waals surface area contributed by atoms with Crippen molar-refractivity contribution in [3.63, 3.8) is 0 Å². The van der Waals surface area contributed by atoms with Gasteiger partial charge < -0.3 is 9.47 Å². The number of aliphatic imine (C=N–C) groups is 1. The largest absolute Gasteiger partial charge is 0.497 e. The topological polar surface area (TPSA) is 30.8 Å². The van der Waals surface area contributed by atoms with Crippen LogP contribution in [0.1, 0.15) is 62.6 Å². The van der Waals surface area contributed by atoms with E-state index in [9.17, 15) is 0 Å². The van der Waals surface area contributed by atoms with Gasteiger partial charge in [0.15, 0.2) is 0 Å². The zero-order chi connectivity index (χ0) is 19.1. The first-order chi connectivity index (χ1) is 13.2. The van der Waals surface area contributed by atoms with Crippen molar-refractivity contribution in [2.45, 2.75) is 57.6 Å². The molecule has 0 radical (unpaired) electrons. The zero-order valence-electron chi connectivity index (χ0n) is 16.2. The number of unbranched alkanes of at least 4 members (excludes halogenated alkanes) is 3. The highest BCUT2D eigenvalue weighted by molar-refractivity contribution is 9.10. The SMILES string of the molecule is CCCCCCC1CC(c2ccc(Br)cc2)N=C(c2ccc(OC)cc2)O1. The zero-order valence-corrected chi connectivity index (χ0v) is 17.7. The third kappa shape index (κ3) is 5.58. The van der Waals surface area contributed by atoms with Gasteiger partial charge in [0, 0.05) is 16.5 Å². The first kappa shape index (κ1) is 19.9. The fourth-order valence-electron chi connectivity index (χ4n) is 3.43. The van der Waals surface area contributed by atoms with Gasteiger partial charge in [-0.2, -0.15) is 0 Å². The van der Waals surface area contributed by atoms with Crippen LogP contribution in [0.15, 0.2) is 58.0 Å². The van der Waals surface area contributed by atoms with Crippen LogP contribution in [0.2, 0.25) is 0 Å². The second kappa shape index (κ2) is 9.93. The number of nitrogens with zero attached hydrogens (tertiary/aromatic N) is 1. The number of ether oxygens (including phenoxy) is 2. The van der Waals surface area contributed by atoms with Gasteiger partial charge in [-0.25, -0.2) is 4.99 Å². The molecule has 1 aliphatic rings. The molecule has 2 aromatic rings. The second-order valence-corrected chi connectivity index (χ2v) is 7.97. The van der Waals surface area contributed by atoms with Gasteiger partial charge in [-0.1, -0.05) is 54.2 Å². The molecule has 0 saturated heterocycles. The summed E-state index contributed by atoms with van der Waals surface area (Å²) < 4.78 is 12.7. The van der Waals surface area contributed by atoms with Crippen molar-refractivity contribution in [2.75, 3.05) is 7.11 Å². The molecule has 0 spiro atoms. The molecule has 0 amide bonds. The van der Waals surface area contributed by atoms with Crippen molar-refractivity contribution in [3.8, 4) is 5.75 Å². The van der Waals surface area contributed by atoms with E-state index in [0.717, 1.165) is 34.5 Å². The van der Waals surface area contributed by atoms with Gasteiger partial charge in [-0.3, -0.25) is 0 Å². The second-order valence-electron chi connectivity index (χ2n) is 7.05. The van der Waals surface area contributed by atoms with E-state index in [1.165, 1.54) is 31.2 Å². The molecule has 27 heavy (non-hydrogen) atoms. The maximum atomic E-state index is 6.30. The Morgan fingerprint density at radius 1 is 1.04 bits per heavy atom. The molecular weight excluding hydrogens is 402 g/mol. The third-order valence-electron chi connectivity index (χ3n) is 5.01. The average Bonchev–Trinajstić information content (AvgIpc) is 2.71. The van der Waals surface area contributed by atoms with Gasteiger partial charge in [0.1, 0.15) is 11.9 Å². The quantitative estimate of drug-likeness (QED) is 0.436. The van der Waals surface area contributed by atoms with E-state index in [1.54, 1.807) is 7.11 Å². The van der Waals surface area contributed by atoms with Gasteiger partial charge in [-0.15, -0.1) is 0 Å². The molecule has 1 aliphatic heterocycles. The van der Waals surface area contributed by atoms with Crippen molar-refractivity contribution in [1.29, 1.82) is 0 Å². The third-order valence-corrected chi connectivity index (χ3v) is 5.54. The number of rotatable bonds is 8. The van der Waals surface area contributed by atoms with E-state index in [1.807, 2.05) is 24.3 Å². The summed E-state index contributed by atoms with van der Waals surface area (Å²) in [5.41, 5.74) is 2.25. The van der Waals surface area contributed by atoms with E-state index in [4.69, 9.17) is 14.5 Å². The van der Waals surface area contributed by atoms with E-state index in [2.05, 4.69) is 47.1 Å². The Bertz CT molecular complexity index is 740. The summed E-state index contributed by atoms with van der Waals surface area (Å²) in [4.78, 5) is 4.94. The normalized spacial score (nSPS) is 19.3. The molecule has 0 N–H and O–H groups in total. The molecule has 0 saturated carbocycles. The number of hydrogen-bond donors (Lipinski definition) is 0. The molecule has 2 unspecified atom stereocenters. The van der Waals surface area contributed by atoms with Crippen LogP contribution in [0.4, 0.5) is 0 Å². The maximum absolute atomic E-state index is 6.30. The summed E-state index contributed by atoms with van der Waals surface area (Å²) in [5.74, 6) is 1.59. The highest BCUT2D eigenvalue weighted by atomic mass is 79.9. The summed E-state index contributed by atoms with van der Waals surface area (Å²) >= 11 is 3.52. The molecule has 144 valence electrons. The van der Waals surface area contributed by atoms with Gasteiger partial charge in [0.25, 0.3) is 0 Å². The molecule has 2 aromatic carbocycles. The van der Waals surface area contributed by atoms with Crippen molar-refractivity contribution in [2.24, 2.45) is 4.99 Å². The monoisotopic (exact) mass is 429 g/mol. The van der Waals surface area contributed by atoms with E-state index >= 15 is 0 Å². The molecule has 1 heterocycles. The lowest BCUT2D eigenvalue weighted by Gasteiger charge is -2.29. The molecule has 0 fully saturated rings. The van der Waals surface area contributed by atoms with Gasteiger partial charge in [-0.05, 0) is 54.8 Å². The number of methoxy groups -OCH3 is 1. The molecule has 2 atom stereocenters. The van der Waals surface area contributed by atoms with Crippen LogP contribution in [0.3, 0.4) is 0 Å². The molecule has 0 aliphatic carbocycles. The molecule has 0 bridgehead atoms. The molecule has 4 heteroatoms. The standard InChI is InChI=1S/C23H28BrNO2/c1-3-4-5-6-7-21-16-22(17-8-12-19(24)13-9-17)25-23(27-21)18-10-14-20(26-2)15-11-18/h8-15,21-22H,3-7,16H2,1-2H3. The highest BCUT2D eigenvalue weighted by Crippen LogP contribution is 2.32. The predicted octanol–water partition coefficient (Wildman–Crippen LogP) is 6.70. The number of halogens is 1. The lowest BCUT2D eigenvalue weighted by atomic mass is 9.96. The van der Waals surface area contributed by atoms with Crippen LogP contribution < -0.4 is 4.74 Å². The minimum absolute atomic E-state index is 0.139. The lowest BCUT2D eigenvalue weighted by Crippen LogP contribution is -2.27. The summed E-state index contributed by atoms with van der Waals surface area (Å²) in [7, 11) is 1.68. The van der Waals surface area contributed by atoms with Crippen LogP contribution in [0.5, 0.6) is 5.75 Å². The summed E-state index contributed by atoms with van der Waals surface area (Å²) in [6, 6.07) is 16.6. The minimum Gasteiger partial charge on any atom is -0.497 e. The molecule has 3 rings (SSSR count). The van der Waals surface area contributed by atoms with Crippen molar-refractivity contribution in [3.05, 3.63) is 64.1 Å². The molecule has 3 nitrogen and oxygen atoms in total. The first-order valence-corrected chi connectivity index (χ1v) is 10.6. The van der Waals surface area contributed by atoms with Gasteiger partial charge in [0.2, 0.25) is 5.90 Å². The minimum atomic E-state index is 0.139. The van der Waals surface area contributed by atoms with Crippen LogP contribution >= 0.6 is 15.9 Å². The Kier molecular flexibility index (Phi) is 7.33. The summed E-state index contributed by atoms with van der Waals surface area (Å²) in [6.07, 6.45) is 7.27. The van der Waals surface area contributed by atoms with Crippen LogP contribution in [0, 0.1) is 0 Å². The van der Waals surface area contributed by atoms with Gasteiger partial charge >= 0.3 is 0 Å². The first-order valence-electron chi connectivity index (χ1n) is 9.84. The smallest absolute Gasteiger partial charge is 0.216 e.